The summed E-state index contributed by atoms with van der Waals surface area (Å²) in [4.78, 5) is 25.6. The fourth-order valence-electron chi connectivity index (χ4n) is 5.16. The Balaban J connectivity index is 1.69. The largest absolute Gasteiger partial charge is 0.480 e. The van der Waals surface area contributed by atoms with Crippen LogP contribution >= 0.6 is 0 Å². The quantitative estimate of drug-likeness (QED) is 0.435. The van der Waals surface area contributed by atoms with Crippen molar-refractivity contribution in [3.63, 3.8) is 0 Å². The van der Waals surface area contributed by atoms with Gasteiger partial charge in [0.05, 0.1) is 6.04 Å². The summed E-state index contributed by atoms with van der Waals surface area (Å²) in [6.45, 7) is 1.03. The van der Waals surface area contributed by atoms with E-state index in [9.17, 15) is 14.7 Å². The molecule has 1 saturated carbocycles. The van der Waals surface area contributed by atoms with Crippen LogP contribution < -0.4 is 16.5 Å². The van der Waals surface area contributed by atoms with Crippen LogP contribution in [0.15, 0.2) is 54.6 Å². The van der Waals surface area contributed by atoms with Gasteiger partial charge in [-0.25, -0.2) is 10.4 Å². The Morgan fingerprint density at radius 3 is 2.42 bits per heavy atom. The van der Waals surface area contributed by atoms with E-state index in [0.717, 1.165) is 24.0 Å². The van der Waals surface area contributed by atoms with Crippen LogP contribution in [0.25, 0.3) is 0 Å². The van der Waals surface area contributed by atoms with Gasteiger partial charge in [-0.2, -0.15) is 0 Å². The molecule has 0 bridgehead atoms. The van der Waals surface area contributed by atoms with Crippen molar-refractivity contribution in [2.75, 3.05) is 13.1 Å². The SMILES string of the molecule is NCC(NN1Cc2ccccc2C(CNC2CCCCC2)C1C(=O)c1ccccc1)C(=O)O. The molecule has 2 aromatic carbocycles. The van der Waals surface area contributed by atoms with Crippen LogP contribution in [0.2, 0.25) is 0 Å². The average Bonchev–Trinajstić information content (AvgIpc) is 2.86. The molecular formula is C26H34N4O3. The number of nitrogens with zero attached hydrogens (tertiary/aromatic N) is 1. The van der Waals surface area contributed by atoms with Crippen molar-refractivity contribution in [2.45, 2.75) is 62.7 Å². The molecule has 3 unspecified atom stereocenters. The number of fused-ring (bicyclic) bond motifs is 1. The van der Waals surface area contributed by atoms with Crippen molar-refractivity contribution in [1.82, 2.24) is 15.8 Å². The fraction of sp³-hybridized carbons (Fsp3) is 0.462. The van der Waals surface area contributed by atoms with E-state index in [-0.39, 0.29) is 18.2 Å². The zero-order valence-electron chi connectivity index (χ0n) is 19.0. The highest BCUT2D eigenvalue weighted by atomic mass is 16.4. The van der Waals surface area contributed by atoms with Crippen LogP contribution in [-0.4, -0.2) is 53.1 Å². The zero-order valence-corrected chi connectivity index (χ0v) is 19.0. The number of carboxylic acid groups (broad SMARTS) is 1. The number of aliphatic carboxylic acids is 1. The number of nitrogens with one attached hydrogen (secondary N) is 2. The van der Waals surface area contributed by atoms with Crippen molar-refractivity contribution in [3.05, 3.63) is 71.3 Å². The molecule has 0 amide bonds. The van der Waals surface area contributed by atoms with Crippen molar-refractivity contribution >= 4 is 11.8 Å². The maximum atomic E-state index is 13.8. The van der Waals surface area contributed by atoms with Gasteiger partial charge in [0.2, 0.25) is 0 Å². The van der Waals surface area contributed by atoms with Crippen LogP contribution in [0.1, 0.15) is 59.5 Å². The second kappa shape index (κ2) is 11.0. The molecule has 1 aliphatic carbocycles. The molecule has 5 N–H and O–H groups in total. The lowest BCUT2D eigenvalue weighted by Crippen LogP contribution is -2.61. The molecule has 7 nitrogen and oxygen atoms in total. The van der Waals surface area contributed by atoms with E-state index in [0.29, 0.717) is 24.7 Å². The molecule has 33 heavy (non-hydrogen) atoms. The molecule has 7 heteroatoms. The van der Waals surface area contributed by atoms with E-state index in [1.807, 2.05) is 42.5 Å². The lowest BCUT2D eigenvalue weighted by molar-refractivity contribution is -0.141. The number of nitrogens with two attached hydrogens (primary N) is 1. The maximum Gasteiger partial charge on any atom is 0.323 e. The summed E-state index contributed by atoms with van der Waals surface area (Å²) in [5.74, 6) is -1.17. The van der Waals surface area contributed by atoms with Gasteiger partial charge in [-0.1, -0.05) is 73.9 Å². The van der Waals surface area contributed by atoms with Crippen molar-refractivity contribution in [2.24, 2.45) is 5.73 Å². The van der Waals surface area contributed by atoms with E-state index >= 15 is 0 Å². The van der Waals surface area contributed by atoms with E-state index in [4.69, 9.17) is 5.73 Å². The Kier molecular flexibility index (Phi) is 7.88. The summed E-state index contributed by atoms with van der Waals surface area (Å²) >= 11 is 0. The predicted octanol–water partition coefficient (Wildman–Crippen LogP) is 2.68. The average molecular weight is 451 g/mol. The molecular weight excluding hydrogens is 416 g/mol. The topological polar surface area (TPSA) is 108 Å². The number of carboxylic acids is 1. The third-order valence-electron chi connectivity index (χ3n) is 6.93. The molecule has 176 valence electrons. The van der Waals surface area contributed by atoms with Crippen molar-refractivity contribution < 1.29 is 14.7 Å². The Labute approximate surface area is 195 Å². The van der Waals surface area contributed by atoms with Gasteiger partial charge >= 0.3 is 5.97 Å². The first-order valence-corrected chi connectivity index (χ1v) is 11.9. The molecule has 0 aromatic heterocycles. The van der Waals surface area contributed by atoms with Gasteiger partial charge in [0.15, 0.2) is 5.78 Å². The third-order valence-corrected chi connectivity index (χ3v) is 6.93. The number of ketones is 1. The molecule has 0 saturated heterocycles. The first kappa shape index (κ1) is 23.6. The minimum atomic E-state index is -1.03. The van der Waals surface area contributed by atoms with Gasteiger partial charge in [-0.05, 0) is 24.0 Å². The lowest BCUT2D eigenvalue weighted by atomic mass is 9.80. The minimum absolute atomic E-state index is 0.0193. The van der Waals surface area contributed by atoms with E-state index in [1.165, 1.54) is 19.3 Å². The van der Waals surface area contributed by atoms with Crippen LogP contribution in [-0.2, 0) is 11.3 Å². The number of rotatable bonds is 9. The summed E-state index contributed by atoms with van der Waals surface area (Å²) in [7, 11) is 0. The Morgan fingerprint density at radius 1 is 1.03 bits per heavy atom. The van der Waals surface area contributed by atoms with Crippen LogP contribution in [0, 0.1) is 0 Å². The molecule has 1 heterocycles. The summed E-state index contributed by atoms with van der Waals surface area (Å²) in [5.41, 5.74) is 11.7. The molecule has 0 spiro atoms. The highest BCUT2D eigenvalue weighted by molar-refractivity contribution is 6.01. The minimum Gasteiger partial charge on any atom is -0.480 e. The van der Waals surface area contributed by atoms with Gasteiger partial charge in [0.25, 0.3) is 0 Å². The molecule has 2 aromatic rings. The number of hydrazine groups is 1. The molecule has 4 rings (SSSR count). The fourth-order valence-corrected chi connectivity index (χ4v) is 5.16. The summed E-state index contributed by atoms with van der Waals surface area (Å²) in [6.07, 6.45) is 6.06. The van der Waals surface area contributed by atoms with E-state index in [1.54, 1.807) is 5.01 Å². The van der Waals surface area contributed by atoms with Crippen molar-refractivity contribution in [3.8, 4) is 0 Å². The Bertz CT molecular complexity index is 946. The first-order chi connectivity index (χ1) is 16.1. The third kappa shape index (κ3) is 5.50. The van der Waals surface area contributed by atoms with E-state index in [2.05, 4.69) is 22.9 Å². The highest BCUT2D eigenvalue weighted by Gasteiger charge is 2.41. The van der Waals surface area contributed by atoms with Gasteiger partial charge in [0, 0.05) is 37.2 Å². The van der Waals surface area contributed by atoms with Gasteiger partial charge in [-0.15, -0.1) is 0 Å². The van der Waals surface area contributed by atoms with Crippen LogP contribution in [0.4, 0.5) is 0 Å². The molecule has 1 fully saturated rings. The number of carbonyl (C=O) groups excluding carboxylic acids is 1. The molecule has 2 aliphatic rings. The number of Topliss-reactive ketones (excluding diaryl/α,β-unsaturated/α-hetero) is 1. The molecule has 0 radical (unpaired) electrons. The zero-order chi connectivity index (χ0) is 23.2. The predicted molar refractivity (Wildman–Crippen MR) is 128 cm³/mol. The number of hydrogen-bond acceptors (Lipinski definition) is 6. The Hall–Kier alpha value is -2.58. The van der Waals surface area contributed by atoms with E-state index < -0.39 is 18.1 Å². The van der Waals surface area contributed by atoms with Crippen molar-refractivity contribution in [1.29, 1.82) is 0 Å². The highest BCUT2D eigenvalue weighted by Crippen LogP contribution is 2.34. The smallest absolute Gasteiger partial charge is 0.323 e. The van der Waals surface area contributed by atoms with Gasteiger partial charge in [-0.3, -0.25) is 9.59 Å². The monoisotopic (exact) mass is 450 g/mol. The number of hydrogen-bond donors (Lipinski definition) is 4. The second-order valence-electron chi connectivity index (χ2n) is 9.11. The number of benzene rings is 2. The van der Waals surface area contributed by atoms with Gasteiger partial charge in [0.1, 0.15) is 6.04 Å². The molecule has 3 atom stereocenters. The summed E-state index contributed by atoms with van der Waals surface area (Å²) < 4.78 is 0. The normalized spacial score (nSPS) is 22.5. The standard InChI is InChI=1S/C26H34N4O3/c27-15-23(26(32)33)29-30-17-19-11-7-8-14-21(19)22(16-28-20-12-5-2-6-13-20)24(30)25(31)18-9-3-1-4-10-18/h1,3-4,7-11,14,20,22-24,28-29H,2,5-6,12-13,15-17,27H2,(H,32,33). The summed E-state index contributed by atoms with van der Waals surface area (Å²) in [5, 5.41) is 15.1. The number of carbonyl (C=O) groups is 2. The second-order valence-corrected chi connectivity index (χ2v) is 9.11. The Morgan fingerprint density at radius 2 is 1.73 bits per heavy atom. The lowest BCUT2D eigenvalue weighted by Gasteiger charge is -2.43. The maximum absolute atomic E-state index is 13.8. The summed E-state index contributed by atoms with van der Waals surface area (Å²) in [6, 6.07) is 16.3. The molecule has 1 aliphatic heterocycles. The van der Waals surface area contributed by atoms with Crippen LogP contribution in [0.5, 0.6) is 0 Å². The first-order valence-electron chi connectivity index (χ1n) is 11.9. The van der Waals surface area contributed by atoms with Crippen LogP contribution in [0.3, 0.4) is 0 Å². The van der Waals surface area contributed by atoms with Gasteiger partial charge < -0.3 is 16.2 Å².